The van der Waals surface area contributed by atoms with Crippen molar-refractivity contribution in [3.63, 3.8) is 0 Å². The maximum Gasteiger partial charge on any atom is 0.231 e. The molecule has 98 valence electrons. The van der Waals surface area contributed by atoms with E-state index in [0.717, 1.165) is 6.42 Å². The number of rotatable bonds is 3. The van der Waals surface area contributed by atoms with Gasteiger partial charge in [-0.1, -0.05) is 6.42 Å². The van der Waals surface area contributed by atoms with Gasteiger partial charge in [-0.05, 0) is 19.3 Å². The summed E-state index contributed by atoms with van der Waals surface area (Å²) in [5, 5.41) is 9.34. The quantitative estimate of drug-likeness (QED) is 0.763. The first kappa shape index (κ1) is 12.8. The molecular weight excluding hydrogens is 242 g/mol. The van der Waals surface area contributed by atoms with E-state index in [4.69, 9.17) is 0 Å². The summed E-state index contributed by atoms with van der Waals surface area (Å²) in [4.78, 5) is 13.8. The second-order valence-electron chi connectivity index (χ2n) is 5.26. The molecule has 1 saturated heterocycles. The molecule has 0 radical (unpaired) electrons. The number of hydrogen-bond acceptors (Lipinski definition) is 4. The van der Waals surface area contributed by atoms with Crippen molar-refractivity contribution in [3.8, 4) is 0 Å². The van der Waals surface area contributed by atoms with Gasteiger partial charge in [-0.2, -0.15) is 0 Å². The Morgan fingerprint density at radius 2 is 2.12 bits per heavy atom. The van der Waals surface area contributed by atoms with Crippen molar-refractivity contribution in [2.45, 2.75) is 31.7 Å². The molecule has 1 saturated carbocycles. The molecule has 0 spiro atoms. The lowest BCUT2D eigenvalue weighted by molar-refractivity contribution is -0.151. The number of carbonyl (C=O) groups is 1. The maximum absolute atomic E-state index is 12.2. The normalized spacial score (nSPS) is 29.6. The lowest BCUT2D eigenvalue weighted by Crippen LogP contribution is -2.52. The molecule has 1 heterocycles. The molecule has 17 heavy (non-hydrogen) atoms. The van der Waals surface area contributed by atoms with Crippen LogP contribution in [0.4, 0.5) is 0 Å². The first-order chi connectivity index (χ1) is 7.90. The van der Waals surface area contributed by atoms with Crippen LogP contribution in [0.25, 0.3) is 0 Å². The molecule has 2 fully saturated rings. The van der Waals surface area contributed by atoms with Gasteiger partial charge in [0.2, 0.25) is 5.91 Å². The molecule has 2 aliphatic rings. The Morgan fingerprint density at radius 3 is 2.47 bits per heavy atom. The Morgan fingerprint density at radius 1 is 1.47 bits per heavy atom. The molecule has 0 aromatic rings. The van der Waals surface area contributed by atoms with E-state index < -0.39 is 15.3 Å². The topological polar surface area (TPSA) is 74.7 Å². The Balaban J connectivity index is 2.05. The average molecular weight is 261 g/mol. The predicted octanol–water partition coefficient (Wildman–Crippen LogP) is -0.206. The zero-order chi connectivity index (χ0) is 12.7. The van der Waals surface area contributed by atoms with Crippen LogP contribution in [-0.4, -0.2) is 55.5 Å². The maximum atomic E-state index is 12.2. The van der Waals surface area contributed by atoms with Gasteiger partial charge >= 0.3 is 0 Å². The van der Waals surface area contributed by atoms with Crippen molar-refractivity contribution in [2.75, 3.05) is 25.2 Å². The van der Waals surface area contributed by atoms with Gasteiger partial charge in [-0.15, -0.1) is 0 Å². The number of hydrogen-bond donors (Lipinski definition) is 1. The van der Waals surface area contributed by atoms with Gasteiger partial charge in [0.25, 0.3) is 0 Å². The molecule has 2 rings (SSSR count). The average Bonchev–Trinajstić information content (AvgIpc) is 2.57. The third-order valence-electron chi connectivity index (χ3n) is 4.14. The monoisotopic (exact) mass is 261 g/mol. The number of aliphatic hydroxyl groups is 1. The van der Waals surface area contributed by atoms with E-state index in [-0.39, 0.29) is 30.1 Å². The SMILES string of the molecule is CN(C(=O)C1(CO)CCC1)C1CCS(=O)(=O)C1. The van der Waals surface area contributed by atoms with Crippen molar-refractivity contribution < 1.29 is 18.3 Å². The van der Waals surface area contributed by atoms with Crippen molar-refractivity contribution in [1.82, 2.24) is 4.90 Å². The highest BCUT2D eigenvalue weighted by molar-refractivity contribution is 7.91. The predicted molar refractivity (Wildman–Crippen MR) is 63.2 cm³/mol. The summed E-state index contributed by atoms with van der Waals surface area (Å²) in [5.41, 5.74) is -0.624. The van der Waals surface area contributed by atoms with E-state index in [2.05, 4.69) is 0 Å². The standard InChI is InChI=1S/C11H19NO4S/c1-12(9-3-6-17(15,16)7-9)10(14)11(8-13)4-2-5-11/h9,13H,2-8H2,1H3. The Labute approximate surface area is 102 Å². The largest absolute Gasteiger partial charge is 0.395 e. The molecule has 1 unspecified atom stereocenters. The van der Waals surface area contributed by atoms with E-state index in [1.807, 2.05) is 0 Å². The van der Waals surface area contributed by atoms with Crippen LogP contribution in [-0.2, 0) is 14.6 Å². The summed E-state index contributed by atoms with van der Waals surface area (Å²) in [6, 6.07) is -0.212. The Kier molecular flexibility index (Phi) is 3.20. The minimum atomic E-state index is -2.97. The van der Waals surface area contributed by atoms with E-state index in [1.165, 1.54) is 0 Å². The van der Waals surface area contributed by atoms with Gasteiger partial charge in [-0.3, -0.25) is 4.79 Å². The molecule has 1 N–H and O–H groups in total. The minimum absolute atomic E-state index is 0.0662. The van der Waals surface area contributed by atoms with E-state index in [9.17, 15) is 18.3 Å². The minimum Gasteiger partial charge on any atom is -0.395 e. The molecule has 0 aromatic heterocycles. The molecule has 1 atom stereocenters. The van der Waals surface area contributed by atoms with Gasteiger partial charge in [0.1, 0.15) is 0 Å². The lowest BCUT2D eigenvalue weighted by Gasteiger charge is -2.42. The fourth-order valence-electron chi connectivity index (χ4n) is 2.66. The molecule has 1 amide bonds. The van der Waals surface area contributed by atoms with Crippen LogP contribution in [0.15, 0.2) is 0 Å². The van der Waals surface area contributed by atoms with Crippen LogP contribution < -0.4 is 0 Å². The fourth-order valence-corrected chi connectivity index (χ4v) is 4.44. The first-order valence-electron chi connectivity index (χ1n) is 5.99. The highest BCUT2D eigenvalue weighted by atomic mass is 32.2. The van der Waals surface area contributed by atoms with Gasteiger partial charge in [-0.25, -0.2) is 8.42 Å². The molecule has 1 aliphatic carbocycles. The molecule has 6 heteroatoms. The Hall–Kier alpha value is -0.620. The van der Waals surface area contributed by atoms with Crippen molar-refractivity contribution in [1.29, 1.82) is 0 Å². The van der Waals surface area contributed by atoms with Crippen LogP contribution in [0, 0.1) is 5.41 Å². The lowest BCUT2D eigenvalue weighted by atomic mass is 9.68. The third-order valence-corrected chi connectivity index (χ3v) is 5.89. The second kappa shape index (κ2) is 4.24. The summed E-state index contributed by atoms with van der Waals surface area (Å²) >= 11 is 0. The summed E-state index contributed by atoms with van der Waals surface area (Å²) in [7, 11) is -1.31. The number of aliphatic hydroxyl groups excluding tert-OH is 1. The van der Waals surface area contributed by atoms with E-state index in [0.29, 0.717) is 19.3 Å². The Bertz CT molecular complexity index is 408. The van der Waals surface area contributed by atoms with Crippen LogP contribution >= 0.6 is 0 Å². The number of carbonyl (C=O) groups excluding carboxylic acids is 1. The molecule has 0 aromatic carbocycles. The van der Waals surface area contributed by atoms with Gasteiger partial charge in [0, 0.05) is 13.1 Å². The fraction of sp³-hybridized carbons (Fsp3) is 0.909. The summed E-state index contributed by atoms with van der Waals surface area (Å²) < 4.78 is 22.8. The van der Waals surface area contributed by atoms with Crippen LogP contribution in [0.3, 0.4) is 0 Å². The van der Waals surface area contributed by atoms with Crippen molar-refractivity contribution >= 4 is 15.7 Å². The second-order valence-corrected chi connectivity index (χ2v) is 7.49. The van der Waals surface area contributed by atoms with E-state index in [1.54, 1.807) is 11.9 Å². The van der Waals surface area contributed by atoms with Crippen molar-refractivity contribution in [2.24, 2.45) is 5.41 Å². The van der Waals surface area contributed by atoms with Gasteiger partial charge < -0.3 is 10.0 Å². The van der Waals surface area contributed by atoms with Gasteiger partial charge in [0.15, 0.2) is 9.84 Å². The van der Waals surface area contributed by atoms with E-state index >= 15 is 0 Å². The molecular formula is C11H19NO4S. The smallest absolute Gasteiger partial charge is 0.231 e. The van der Waals surface area contributed by atoms with Crippen LogP contribution in [0.1, 0.15) is 25.7 Å². The third kappa shape index (κ3) is 2.20. The van der Waals surface area contributed by atoms with Gasteiger partial charge in [0.05, 0.1) is 23.5 Å². The molecule has 1 aliphatic heterocycles. The number of nitrogens with zero attached hydrogens (tertiary/aromatic N) is 1. The zero-order valence-corrected chi connectivity index (χ0v) is 10.9. The van der Waals surface area contributed by atoms with Crippen LogP contribution in [0.2, 0.25) is 0 Å². The molecule has 0 bridgehead atoms. The summed E-state index contributed by atoms with van der Waals surface area (Å²) in [6.07, 6.45) is 2.91. The highest BCUT2D eigenvalue weighted by Gasteiger charge is 2.47. The highest BCUT2D eigenvalue weighted by Crippen LogP contribution is 2.42. The first-order valence-corrected chi connectivity index (χ1v) is 7.81. The van der Waals surface area contributed by atoms with Crippen LogP contribution in [0.5, 0.6) is 0 Å². The number of amides is 1. The summed E-state index contributed by atoms with van der Waals surface area (Å²) in [6.45, 7) is -0.129. The zero-order valence-electron chi connectivity index (χ0n) is 10.1. The number of sulfone groups is 1. The van der Waals surface area contributed by atoms with Crippen molar-refractivity contribution in [3.05, 3.63) is 0 Å². The summed E-state index contributed by atoms with van der Waals surface area (Å²) in [5.74, 6) is 0.145. The molecule has 5 nitrogen and oxygen atoms in total.